The Morgan fingerprint density at radius 2 is 1.75 bits per heavy atom. The summed E-state index contributed by atoms with van der Waals surface area (Å²) in [6.07, 6.45) is 4.86. The molecule has 1 spiro atoms. The van der Waals surface area contributed by atoms with Crippen LogP contribution in [0.25, 0.3) is 0 Å². The van der Waals surface area contributed by atoms with Crippen LogP contribution in [-0.4, -0.2) is 34.5 Å². The fourth-order valence-corrected chi connectivity index (χ4v) is 4.68. The maximum Gasteiger partial charge on any atom is 0.123 e. The van der Waals surface area contributed by atoms with Crippen LogP contribution in [0.4, 0.5) is 10.1 Å². The first-order valence-corrected chi connectivity index (χ1v) is 9.79. The lowest BCUT2D eigenvalue weighted by Crippen LogP contribution is -2.36. The van der Waals surface area contributed by atoms with Gasteiger partial charge in [0.2, 0.25) is 0 Å². The second-order valence-electron chi connectivity index (χ2n) is 7.92. The fourth-order valence-electron chi connectivity index (χ4n) is 4.68. The Balaban J connectivity index is 1.37. The third-order valence-electron chi connectivity index (χ3n) is 5.95. The van der Waals surface area contributed by atoms with Gasteiger partial charge in [0.1, 0.15) is 5.82 Å². The Morgan fingerprint density at radius 3 is 2.57 bits per heavy atom. The van der Waals surface area contributed by atoms with Gasteiger partial charge < -0.3 is 4.90 Å². The lowest BCUT2D eigenvalue weighted by molar-refractivity contribution is 0.305. The first kappa shape index (κ1) is 17.3. The topological polar surface area (TPSA) is 32.3 Å². The van der Waals surface area contributed by atoms with Gasteiger partial charge >= 0.3 is 0 Å². The summed E-state index contributed by atoms with van der Waals surface area (Å²) in [4.78, 5) is 14.2. The van der Waals surface area contributed by atoms with E-state index < -0.39 is 0 Å². The zero-order chi connectivity index (χ0) is 19.0. The van der Waals surface area contributed by atoms with Crippen LogP contribution in [0.3, 0.4) is 0 Å². The molecule has 142 valence electrons. The highest BCUT2D eigenvalue weighted by Gasteiger charge is 2.48. The molecular formula is C23H23FN4. The summed E-state index contributed by atoms with van der Waals surface area (Å²) in [6.45, 7) is 4.64. The van der Waals surface area contributed by atoms with Crippen LogP contribution in [0.2, 0.25) is 0 Å². The van der Waals surface area contributed by atoms with Crippen molar-refractivity contribution in [1.82, 2.24) is 14.9 Å². The third kappa shape index (κ3) is 3.16. The summed E-state index contributed by atoms with van der Waals surface area (Å²) in [7, 11) is 0. The summed E-state index contributed by atoms with van der Waals surface area (Å²) >= 11 is 0. The summed E-state index contributed by atoms with van der Waals surface area (Å²) in [5.41, 5.74) is 4.74. The standard InChI is InChI=1S/C23H23FN4/c24-19-8-6-18(7-9-19)14-27-13-10-23(16-27)17-28(15-20-4-1-2-11-25-20)21-5-3-12-26-22(21)23/h1-9,11-12H,10,13-17H2/t23-/m1/s1. The molecule has 0 bridgehead atoms. The zero-order valence-corrected chi connectivity index (χ0v) is 15.8. The van der Waals surface area contributed by atoms with E-state index in [0.717, 1.165) is 50.4 Å². The van der Waals surface area contributed by atoms with Gasteiger partial charge in [0.15, 0.2) is 0 Å². The van der Waals surface area contributed by atoms with Crippen LogP contribution < -0.4 is 4.90 Å². The van der Waals surface area contributed by atoms with Crippen molar-refractivity contribution in [2.75, 3.05) is 24.5 Å². The molecule has 3 aromatic rings. The van der Waals surface area contributed by atoms with E-state index in [1.54, 1.807) is 12.1 Å². The molecule has 1 atom stereocenters. The minimum atomic E-state index is -0.180. The number of benzene rings is 1. The maximum absolute atomic E-state index is 13.2. The Labute approximate surface area is 164 Å². The van der Waals surface area contributed by atoms with E-state index in [1.807, 2.05) is 42.7 Å². The highest BCUT2D eigenvalue weighted by atomic mass is 19.1. The highest BCUT2D eigenvalue weighted by molar-refractivity contribution is 5.60. The van der Waals surface area contributed by atoms with Crippen molar-refractivity contribution in [3.8, 4) is 0 Å². The molecule has 0 amide bonds. The molecule has 2 aromatic heterocycles. The average Bonchev–Trinajstić information content (AvgIpc) is 3.26. The molecule has 28 heavy (non-hydrogen) atoms. The number of hydrogen-bond donors (Lipinski definition) is 0. The number of anilines is 1. The predicted molar refractivity (Wildman–Crippen MR) is 107 cm³/mol. The number of nitrogens with zero attached hydrogens (tertiary/aromatic N) is 4. The number of hydrogen-bond acceptors (Lipinski definition) is 4. The van der Waals surface area contributed by atoms with Gasteiger partial charge in [-0.05, 0) is 54.9 Å². The number of pyridine rings is 2. The van der Waals surface area contributed by atoms with Gasteiger partial charge in [-0.3, -0.25) is 14.9 Å². The second-order valence-corrected chi connectivity index (χ2v) is 7.92. The van der Waals surface area contributed by atoms with Crippen LogP contribution in [0, 0.1) is 5.82 Å². The molecule has 0 aliphatic carbocycles. The van der Waals surface area contributed by atoms with E-state index in [9.17, 15) is 4.39 Å². The Kier molecular flexibility index (Phi) is 4.32. The van der Waals surface area contributed by atoms with Crippen LogP contribution in [0.1, 0.15) is 23.4 Å². The summed E-state index contributed by atoms with van der Waals surface area (Å²) in [5, 5.41) is 0. The van der Waals surface area contributed by atoms with Crippen LogP contribution in [-0.2, 0) is 18.5 Å². The van der Waals surface area contributed by atoms with E-state index in [-0.39, 0.29) is 11.2 Å². The van der Waals surface area contributed by atoms with E-state index in [4.69, 9.17) is 4.98 Å². The molecule has 0 N–H and O–H groups in total. The van der Waals surface area contributed by atoms with E-state index in [1.165, 1.54) is 11.4 Å². The third-order valence-corrected chi connectivity index (χ3v) is 5.95. The number of likely N-dealkylation sites (tertiary alicyclic amines) is 1. The van der Waals surface area contributed by atoms with Crippen molar-refractivity contribution < 1.29 is 4.39 Å². The molecule has 2 aliphatic heterocycles. The average molecular weight is 374 g/mol. The number of aromatic nitrogens is 2. The monoisotopic (exact) mass is 374 g/mol. The van der Waals surface area contributed by atoms with Gasteiger partial charge in [-0.25, -0.2) is 4.39 Å². The van der Waals surface area contributed by atoms with E-state index in [0.29, 0.717) is 0 Å². The predicted octanol–water partition coefficient (Wildman–Crippen LogP) is 3.78. The minimum absolute atomic E-state index is 0.0609. The van der Waals surface area contributed by atoms with Crippen molar-refractivity contribution in [1.29, 1.82) is 0 Å². The molecule has 4 heterocycles. The maximum atomic E-state index is 13.2. The molecule has 0 saturated carbocycles. The molecule has 1 fully saturated rings. The molecule has 4 nitrogen and oxygen atoms in total. The van der Waals surface area contributed by atoms with Crippen LogP contribution in [0.5, 0.6) is 0 Å². The van der Waals surface area contributed by atoms with Gasteiger partial charge in [0.25, 0.3) is 0 Å². The Morgan fingerprint density at radius 1 is 0.893 bits per heavy atom. The van der Waals surface area contributed by atoms with Gasteiger partial charge in [-0.1, -0.05) is 18.2 Å². The molecule has 1 aromatic carbocycles. The first-order chi connectivity index (χ1) is 13.7. The molecule has 0 unspecified atom stereocenters. The summed E-state index contributed by atoms with van der Waals surface area (Å²) in [5.74, 6) is -0.180. The van der Waals surface area contributed by atoms with Crippen molar-refractivity contribution in [2.45, 2.75) is 24.9 Å². The van der Waals surface area contributed by atoms with Crippen molar-refractivity contribution >= 4 is 5.69 Å². The van der Waals surface area contributed by atoms with E-state index >= 15 is 0 Å². The molecule has 1 saturated heterocycles. The second kappa shape index (κ2) is 6.99. The van der Waals surface area contributed by atoms with Gasteiger partial charge in [-0.15, -0.1) is 0 Å². The van der Waals surface area contributed by atoms with Crippen LogP contribution >= 0.6 is 0 Å². The van der Waals surface area contributed by atoms with Crippen LogP contribution in [0.15, 0.2) is 67.0 Å². The number of halogens is 1. The fraction of sp³-hybridized carbons (Fsp3) is 0.304. The first-order valence-electron chi connectivity index (χ1n) is 9.79. The molecule has 0 radical (unpaired) electrons. The van der Waals surface area contributed by atoms with Gasteiger partial charge in [0, 0.05) is 37.4 Å². The lowest BCUT2D eigenvalue weighted by atomic mass is 9.85. The van der Waals surface area contributed by atoms with E-state index in [2.05, 4.69) is 26.9 Å². The Hall–Kier alpha value is -2.79. The molecule has 2 aliphatic rings. The minimum Gasteiger partial charge on any atom is -0.363 e. The van der Waals surface area contributed by atoms with Crippen molar-refractivity contribution in [2.24, 2.45) is 0 Å². The molecular weight excluding hydrogens is 351 g/mol. The largest absolute Gasteiger partial charge is 0.363 e. The SMILES string of the molecule is Fc1ccc(CN2CC[C@@]3(C2)CN(Cc2ccccn2)c2cccnc23)cc1. The highest BCUT2D eigenvalue weighted by Crippen LogP contribution is 2.45. The van der Waals surface area contributed by atoms with Gasteiger partial charge in [0.05, 0.1) is 23.6 Å². The quantitative estimate of drug-likeness (QED) is 0.696. The van der Waals surface area contributed by atoms with Gasteiger partial charge in [-0.2, -0.15) is 0 Å². The number of fused-ring (bicyclic) bond motifs is 2. The number of rotatable bonds is 4. The van der Waals surface area contributed by atoms with Crippen molar-refractivity contribution in [3.05, 3.63) is 89.8 Å². The normalized spacial score (nSPS) is 21.4. The Bertz CT molecular complexity index is 960. The van der Waals surface area contributed by atoms with Crippen molar-refractivity contribution in [3.63, 3.8) is 0 Å². The zero-order valence-electron chi connectivity index (χ0n) is 15.8. The lowest BCUT2D eigenvalue weighted by Gasteiger charge is -2.26. The summed E-state index contributed by atoms with van der Waals surface area (Å²) in [6, 6.07) is 17.1. The summed E-state index contributed by atoms with van der Waals surface area (Å²) < 4.78 is 13.2. The molecule has 5 heteroatoms. The smallest absolute Gasteiger partial charge is 0.123 e. The molecule has 5 rings (SSSR count).